The van der Waals surface area contributed by atoms with Gasteiger partial charge in [-0.3, -0.25) is 14.5 Å². The van der Waals surface area contributed by atoms with Crippen molar-refractivity contribution in [2.45, 2.75) is 46.2 Å². The summed E-state index contributed by atoms with van der Waals surface area (Å²) in [7, 11) is -3.06. The van der Waals surface area contributed by atoms with Crippen molar-refractivity contribution in [3.05, 3.63) is 0 Å². The summed E-state index contributed by atoms with van der Waals surface area (Å²) >= 11 is 0. The normalized spacial score (nSPS) is 18.2. The van der Waals surface area contributed by atoms with E-state index in [4.69, 9.17) is 13.3 Å². The van der Waals surface area contributed by atoms with Gasteiger partial charge in [0.25, 0.3) is 0 Å². The van der Waals surface area contributed by atoms with Crippen molar-refractivity contribution in [1.82, 2.24) is 4.90 Å². The van der Waals surface area contributed by atoms with Gasteiger partial charge in [0.15, 0.2) is 0 Å². The maximum Gasteiger partial charge on any atom is 0.525 e. The van der Waals surface area contributed by atoms with E-state index in [1.807, 2.05) is 20.8 Å². The topological polar surface area (TPSA) is 65.1 Å². The first-order valence-electron chi connectivity index (χ1n) is 6.79. The standard InChI is InChI=1S/C12H23NO5Si/c1-5-16-19(17-6-2,18-7-3)10(4)13-11(14)8-9-12(13)15/h10H,5-9H2,1-4H3. The summed E-state index contributed by atoms with van der Waals surface area (Å²) in [6.45, 7) is 8.58. The van der Waals surface area contributed by atoms with E-state index in [1.54, 1.807) is 6.92 Å². The molecule has 1 aliphatic heterocycles. The Bertz CT molecular complexity index is 303. The van der Waals surface area contributed by atoms with Crippen LogP contribution < -0.4 is 0 Å². The summed E-state index contributed by atoms with van der Waals surface area (Å²) in [4.78, 5) is 24.9. The third kappa shape index (κ3) is 3.41. The molecule has 1 atom stereocenters. The lowest BCUT2D eigenvalue weighted by molar-refractivity contribution is -0.140. The fourth-order valence-corrected chi connectivity index (χ4v) is 5.06. The minimum Gasteiger partial charge on any atom is -0.373 e. The predicted molar refractivity (Wildman–Crippen MR) is 71.2 cm³/mol. The van der Waals surface area contributed by atoms with Crippen LogP contribution in [0.4, 0.5) is 0 Å². The second-order valence-corrected chi connectivity index (χ2v) is 7.14. The number of hydrogen-bond donors (Lipinski definition) is 0. The zero-order valence-corrected chi connectivity index (χ0v) is 13.1. The van der Waals surface area contributed by atoms with Crippen LogP contribution >= 0.6 is 0 Å². The smallest absolute Gasteiger partial charge is 0.373 e. The molecule has 1 unspecified atom stereocenters. The van der Waals surface area contributed by atoms with E-state index in [0.717, 1.165) is 0 Å². The number of carbonyl (C=O) groups excluding carboxylic acids is 2. The van der Waals surface area contributed by atoms with Crippen LogP contribution in [0, 0.1) is 0 Å². The third-order valence-electron chi connectivity index (χ3n) is 3.03. The number of amides is 2. The summed E-state index contributed by atoms with van der Waals surface area (Å²) in [5.74, 6) is -0.345. The quantitative estimate of drug-likeness (QED) is 0.495. The Morgan fingerprint density at radius 1 is 1.00 bits per heavy atom. The molecule has 1 fully saturated rings. The Kier molecular flexibility index (Phi) is 6.12. The molecule has 1 rings (SSSR count). The molecule has 0 N–H and O–H groups in total. The van der Waals surface area contributed by atoms with Crippen molar-refractivity contribution >= 4 is 20.6 Å². The van der Waals surface area contributed by atoms with Gasteiger partial charge in [0.05, 0.1) is 0 Å². The van der Waals surface area contributed by atoms with E-state index in [9.17, 15) is 9.59 Å². The van der Waals surface area contributed by atoms with Crippen LogP contribution in [0.25, 0.3) is 0 Å². The highest BCUT2D eigenvalue weighted by atomic mass is 28.4. The number of imide groups is 1. The first-order valence-corrected chi connectivity index (χ1v) is 8.59. The van der Waals surface area contributed by atoms with Gasteiger partial charge in [0, 0.05) is 32.7 Å². The molecule has 6 nitrogen and oxygen atoms in total. The Balaban J connectivity index is 3.00. The third-order valence-corrected chi connectivity index (χ3v) is 6.38. The minimum absolute atomic E-state index is 0.173. The lowest BCUT2D eigenvalue weighted by atomic mass is 10.4. The van der Waals surface area contributed by atoms with Crippen LogP contribution in [0.5, 0.6) is 0 Å². The number of nitrogens with zero attached hydrogens (tertiary/aromatic N) is 1. The summed E-state index contributed by atoms with van der Waals surface area (Å²) in [6.07, 6.45) is 0.524. The lowest BCUT2D eigenvalue weighted by Gasteiger charge is -2.36. The molecule has 0 bridgehead atoms. The van der Waals surface area contributed by atoms with Gasteiger partial charge in [-0.05, 0) is 27.7 Å². The second kappa shape index (κ2) is 7.13. The predicted octanol–water partition coefficient (Wildman–Crippen LogP) is 1.11. The highest BCUT2D eigenvalue weighted by Gasteiger charge is 2.53. The highest BCUT2D eigenvalue weighted by Crippen LogP contribution is 2.25. The van der Waals surface area contributed by atoms with Crippen molar-refractivity contribution in [2.75, 3.05) is 19.8 Å². The number of likely N-dealkylation sites (tertiary alicyclic amines) is 1. The zero-order valence-electron chi connectivity index (χ0n) is 12.1. The van der Waals surface area contributed by atoms with Crippen molar-refractivity contribution in [2.24, 2.45) is 0 Å². The molecule has 0 aromatic heterocycles. The number of rotatable bonds is 8. The van der Waals surface area contributed by atoms with E-state index in [0.29, 0.717) is 19.8 Å². The van der Waals surface area contributed by atoms with Crippen molar-refractivity contribution < 1.29 is 22.9 Å². The molecule has 19 heavy (non-hydrogen) atoms. The average Bonchev–Trinajstić information content (AvgIpc) is 2.69. The molecule has 0 spiro atoms. The van der Waals surface area contributed by atoms with Crippen LogP contribution in [0.3, 0.4) is 0 Å². The van der Waals surface area contributed by atoms with Crippen LogP contribution in [-0.4, -0.2) is 51.0 Å². The molecular formula is C12H23NO5Si. The second-order valence-electron chi connectivity index (χ2n) is 4.24. The molecule has 0 aliphatic carbocycles. The van der Waals surface area contributed by atoms with Crippen molar-refractivity contribution in [3.8, 4) is 0 Å². The molecule has 0 radical (unpaired) electrons. The van der Waals surface area contributed by atoms with Crippen LogP contribution in [0.2, 0.25) is 0 Å². The Hall–Kier alpha value is -0.763. The fourth-order valence-electron chi connectivity index (χ4n) is 2.27. The van der Waals surface area contributed by atoms with Crippen molar-refractivity contribution in [3.63, 3.8) is 0 Å². The summed E-state index contributed by atoms with van der Waals surface area (Å²) in [5.41, 5.74) is -0.477. The molecule has 2 amide bonds. The van der Waals surface area contributed by atoms with E-state index in [-0.39, 0.29) is 24.7 Å². The lowest BCUT2D eigenvalue weighted by Crippen LogP contribution is -2.62. The largest absolute Gasteiger partial charge is 0.525 e. The monoisotopic (exact) mass is 289 g/mol. The van der Waals surface area contributed by atoms with Crippen LogP contribution in [-0.2, 0) is 22.9 Å². The molecule has 110 valence electrons. The first-order chi connectivity index (χ1) is 9.02. The van der Waals surface area contributed by atoms with Gasteiger partial charge in [-0.1, -0.05) is 0 Å². The van der Waals surface area contributed by atoms with Gasteiger partial charge in [0.2, 0.25) is 11.8 Å². The zero-order chi connectivity index (χ0) is 14.5. The van der Waals surface area contributed by atoms with E-state index in [2.05, 4.69) is 0 Å². The molecule has 1 aliphatic rings. The van der Waals surface area contributed by atoms with Gasteiger partial charge in [-0.15, -0.1) is 0 Å². The molecule has 0 aromatic carbocycles. The number of hydrogen-bond acceptors (Lipinski definition) is 5. The van der Waals surface area contributed by atoms with Gasteiger partial charge in [-0.25, -0.2) is 0 Å². The van der Waals surface area contributed by atoms with Crippen LogP contribution in [0.1, 0.15) is 40.5 Å². The summed E-state index contributed by atoms with van der Waals surface area (Å²) in [6, 6.07) is 0. The summed E-state index contributed by atoms with van der Waals surface area (Å²) < 4.78 is 17.2. The van der Waals surface area contributed by atoms with Crippen molar-refractivity contribution in [1.29, 1.82) is 0 Å². The maximum atomic E-state index is 11.8. The van der Waals surface area contributed by atoms with Gasteiger partial charge < -0.3 is 13.3 Å². The van der Waals surface area contributed by atoms with Gasteiger partial charge in [-0.2, -0.15) is 0 Å². The first kappa shape index (κ1) is 16.3. The Morgan fingerprint density at radius 3 is 1.68 bits per heavy atom. The molecule has 0 saturated carbocycles. The van der Waals surface area contributed by atoms with E-state index in [1.165, 1.54) is 4.90 Å². The van der Waals surface area contributed by atoms with E-state index < -0.39 is 14.5 Å². The van der Waals surface area contributed by atoms with Gasteiger partial charge >= 0.3 is 8.80 Å². The minimum atomic E-state index is -3.06. The van der Waals surface area contributed by atoms with Gasteiger partial charge in [0.1, 0.15) is 5.67 Å². The molecular weight excluding hydrogens is 266 g/mol. The van der Waals surface area contributed by atoms with Crippen LogP contribution in [0.15, 0.2) is 0 Å². The SMILES string of the molecule is CCO[Si](OCC)(OCC)C(C)N1C(=O)CCC1=O. The Labute approximate surface area is 115 Å². The highest BCUT2D eigenvalue weighted by molar-refractivity contribution is 6.63. The summed E-state index contributed by atoms with van der Waals surface area (Å²) in [5, 5.41) is 0. The van der Waals surface area contributed by atoms with E-state index >= 15 is 0 Å². The molecule has 1 heterocycles. The molecule has 0 aromatic rings. The average molecular weight is 289 g/mol. The fraction of sp³-hybridized carbons (Fsp3) is 0.833. The Morgan fingerprint density at radius 2 is 1.37 bits per heavy atom. The molecule has 7 heteroatoms. The maximum absolute atomic E-state index is 11.8. The molecule has 1 saturated heterocycles. The number of carbonyl (C=O) groups is 2.